The number of benzene rings is 3. The third-order valence-electron chi connectivity index (χ3n) is 7.22. The maximum absolute atomic E-state index is 13.5. The molecule has 5 aromatic rings. The van der Waals surface area contributed by atoms with E-state index in [-0.39, 0.29) is 12.4 Å². The summed E-state index contributed by atoms with van der Waals surface area (Å²) in [6.07, 6.45) is 3.61. The van der Waals surface area contributed by atoms with E-state index in [0.717, 1.165) is 73.8 Å². The third kappa shape index (κ3) is 6.88. The van der Waals surface area contributed by atoms with Gasteiger partial charge in [0.25, 0.3) is 0 Å². The summed E-state index contributed by atoms with van der Waals surface area (Å²) in [5.41, 5.74) is 4.51. The van der Waals surface area contributed by atoms with Crippen molar-refractivity contribution in [3.05, 3.63) is 107 Å². The number of morpholine rings is 1. The van der Waals surface area contributed by atoms with Crippen LogP contribution in [0.3, 0.4) is 0 Å². The molecule has 10 heteroatoms. The predicted molar refractivity (Wildman–Crippen MR) is 163 cm³/mol. The lowest BCUT2D eigenvalue weighted by molar-refractivity contribution is 0.0384. The summed E-state index contributed by atoms with van der Waals surface area (Å²) in [6, 6.07) is 22.1. The first-order valence-electron chi connectivity index (χ1n) is 14.0. The molecule has 1 aliphatic heterocycles. The van der Waals surface area contributed by atoms with E-state index >= 15 is 0 Å². The SMILES string of the molecule is Fc1cccc(COc2ccc(Nc3ncnc4ccc(-n5cccc5CNCCN5CCOCC5)cc34)cc2Cl)c1. The molecule has 0 unspecified atom stereocenters. The Morgan fingerprint density at radius 1 is 0.976 bits per heavy atom. The van der Waals surface area contributed by atoms with Crippen LogP contribution in [0.25, 0.3) is 16.6 Å². The van der Waals surface area contributed by atoms with Gasteiger partial charge in [0.2, 0.25) is 0 Å². The molecule has 1 fully saturated rings. The number of anilines is 2. The molecule has 3 aromatic carbocycles. The number of hydrogen-bond donors (Lipinski definition) is 2. The van der Waals surface area contributed by atoms with Gasteiger partial charge in [-0.3, -0.25) is 4.90 Å². The van der Waals surface area contributed by atoms with E-state index in [1.165, 1.54) is 17.8 Å². The van der Waals surface area contributed by atoms with Gasteiger partial charge in [0.05, 0.1) is 23.8 Å². The van der Waals surface area contributed by atoms with Gasteiger partial charge >= 0.3 is 0 Å². The molecule has 2 aromatic heterocycles. The highest BCUT2D eigenvalue weighted by Crippen LogP contribution is 2.31. The normalized spacial score (nSPS) is 13.9. The molecule has 0 atom stereocenters. The largest absolute Gasteiger partial charge is 0.487 e. The van der Waals surface area contributed by atoms with Crippen molar-refractivity contribution in [3.8, 4) is 11.4 Å². The molecule has 0 aliphatic carbocycles. The van der Waals surface area contributed by atoms with E-state index in [4.69, 9.17) is 21.1 Å². The topological polar surface area (TPSA) is 76.5 Å². The van der Waals surface area contributed by atoms with Crippen LogP contribution in [0.15, 0.2) is 85.3 Å². The molecular formula is C32H32ClFN6O2. The fraction of sp³-hybridized carbons (Fsp3) is 0.250. The smallest absolute Gasteiger partial charge is 0.141 e. The summed E-state index contributed by atoms with van der Waals surface area (Å²) in [5, 5.41) is 8.28. The van der Waals surface area contributed by atoms with Crippen LogP contribution >= 0.6 is 11.6 Å². The van der Waals surface area contributed by atoms with E-state index in [2.05, 4.69) is 60.5 Å². The maximum atomic E-state index is 13.5. The molecule has 0 saturated carbocycles. The Labute approximate surface area is 249 Å². The lowest BCUT2D eigenvalue weighted by Crippen LogP contribution is -2.40. The van der Waals surface area contributed by atoms with E-state index in [1.807, 2.05) is 12.1 Å². The lowest BCUT2D eigenvalue weighted by Gasteiger charge is -2.26. The van der Waals surface area contributed by atoms with Crippen molar-refractivity contribution in [2.24, 2.45) is 0 Å². The zero-order valence-electron chi connectivity index (χ0n) is 23.1. The number of aromatic nitrogens is 3. The van der Waals surface area contributed by atoms with Crippen molar-refractivity contribution in [2.45, 2.75) is 13.2 Å². The number of fused-ring (bicyclic) bond motifs is 1. The van der Waals surface area contributed by atoms with Crippen molar-refractivity contribution in [2.75, 3.05) is 44.7 Å². The molecule has 1 saturated heterocycles. The van der Waals surface area contributed by atoms with Crippen LogP contribution in [0.5, 0.6) is 5.75 Å². The minimum atomic E-state index is -0.300. The zero-order chi connectivity index (χ0) is 28.7. The quantitative estimate of drug-likeness (QED) is 0.185. The lowest BCUT2D eigenvalue weighted by atomic mass is 10.2. The second-order valence-electron chi connectivity index (χ2n) is 10.1. The van der Waals surface area contributed by atoms with Crippen molar-refractivity contribution in [1.29, 1.82) is 0 Å². The van der Waals surface area contributed by atoms with Crippen LogP contribution in [0, 0.1) is 5.82 Å². The van der Waals surface area contributed by atoms with Crippen molar-refractivity contribution < 1.29 is 13.9 Å². The summed E-state index contributed by atoms with van der Waals surface area (Å²) in [4.78, 5) is 11.4. The fourth-order valence-electron chi connectivity index (χ4n) is 5.00. The first-order chi connectivity index (χ1) is 20.6. The van der Waals surface area contributed by atoms with Crippen LogP contribution in [-0.2, 0) is 17.9 Å². The highest BCUT2D eigenvalue weighted by Gasteiger charge is 2.12. The van der Waals surface area contributed by atoms with Crippen LogP contribution < -0.4 is 15.4 Å². The Kier molecular flexibility index (Phi) is 8.91. The van der Waals surface area contributed by atoms with Gasteiger partial charge in [-0.2, -0.15) is 0 Å². The Hall–Kier alpha value is -4.02. The molecule has 0 amide bonds. The highest BCUT2D eigenvalue weighted by atomic mass is 35.5. The molecule has 6 rings (SSSR count). The molecule has 0 spiro atoms. The number of nitrogens with one attached hydrogen (secondary N) is 2. The standard InChI is InChI=1S/C32H32ClFN6O2/c33-29-18-25(6-9-31(29)42-21-23-3-1-4-24(34)17-23)38-32-28-19-26(7-8-30(28)36-22-37-32)40-11-2-5-27(40)20-35-10-12-39-13-15-41-16-14-39/h1-9,11,17-19,22,35H,10,12-16,20-21H2,(H,36,37,38). The van der Waals surface area contributed by atoms with E-state index in [9.17, 15) is 4.39 Å². The van der Waals surface area contributed by atoms with Crippen LogP contribution in [0.2, 0.25) is 5.02 Å². The summed E-state index contributed by atoms with van der Waals surface area (Å²) >= 11 is 6.53. The number of halogens is 2. The third-order valence-corrected chi connectivity index (χ3v) is 7.52. The van der Waals surface area contributed by atoms with Crippen molar-refractivity contribution in [1.82, 2.24) is 24.8 Å². The van der Waals surface area contributed by atoms with E-state index in [0.29, 0.717) is 16.6 Å². The van der Waals surface area contributed by atoms with E-state index < -0.39 is 0 Å². The molecule has 216 valence electrons. The van der Waals surface area contributed by atoms with Gasteiger partial charge < -0.3 is 24.7 Å². The van der Waals surface area contributed by atoms with Gasteiger partial charge in [0, 0.05) is 61.4 Å². The van der Waals surface area contributed by atoms with Crippen molar-refractivity contribution in [3.63, 3.8) is 0 Å². The summed E-state index contributed by atoms with van der Waals surface area (Å²) in [6.45, 7) is 6.53. The van der Waals surface area contributed by atoms with Crippen molar-refractivity contribution >= 4 is 34.0 Å². The Bertz CT molecular complexity index is 1660. The summed E-state index contributed by atoms with van der Waals surface area (Å²) in [7, 11) is 0. The van der Waals surface area contributed by atoms with Gasteiger partial charge in [0.15, 0.2) is 0 Å². The molecule has 3 heterocycles. The minimum absolute atomic E-state index is 0.217. The van der Waals surface area contributed by atoms with Gasteiger partial charge in [-0.05, 0) is 66.2 Å². The number of nitrogens with zero attached hydrogens (tertiary/aromatic N) is 4. The first kappa shape index (κ1) is 28.1. The Balaban J connectivity index is 1.14. The number of ether oxygens (including phenoxy) is 2. The molecule has 0 bridgehead atoms. The predicted octanol–water partition coefficient (Wildman–Crippen LogP) is 5.96. The van der Waals surface area contributed by atoms with Gasteiger partial charge in [-0.15, -0.1) is 0 Å². The second-order valence-corrected chi connectivity index (χ2v) is 10.5. The number of hydrogen-bond acceptors (Lipinski definition) is 7. The van der Waals surface area contributed by atoms with Gasteiger partial charge in [-0.1, -0.05) is 23.7 Å². The molecule has 42 heavy (non-hydrogen) atoms. The first-order valence-corrected chi connectivity index (χ1v) is 14.4. The van der Waals surface area contributed by atoms with Crippen LogP contribution in [0.1, 0.15) is 11.3 Å². The molecule has 0 radical (unpaired) electrons. The molecule has 1 aliphatic rings. The highest BCUT2D eigenvalue weighted by molar-refractivity contribution is 6.32. The Morgan fingerprint density at radius 3 is 2.74 bits per heavy atom. The van der Waals surface area contributed by atoms with E-state index in [1.54, 1.807) is 30.6 Å². The fourth-order valence-corrected chi connectivity index (χ4v) is 5.24. The maximum Gasteiger partial charge on any atom is 0.141 e. The average molecular weight is 587 g/mol. The molecule has 2 N–H and O–H groups in total. The van der Waals surface area contributed by atoms with Crippen LogP contribution in [0.4, 0.5) is 15.9 Å². The average Bonchev–Trinajstić information content (AvgIpc) is 3.48. The van der Waals surface area contributed by atoms with Gasteiger partial charge in [-0.25, -0.2) is 14.4 Å². The Morgan fingerprint density at radius 2 is 1.88 bits per heavy atom. The minimum Gasteiger partial charge on any atom is -0.487 e. The number of rotatable bonds is 11. The molecule has 8 nitrogen and oxygen atoms in total. The second kappa shape index (κ2) is 13.3. The summed E-state index contributed by atoms with van der Waals surface area (Å²) in [5.74, 6) is 0.884. The zero-order valence-corrected chi connectivity index (χ0v) is 23.9. The monoisotopic (exact) mass is 586 g/mol. The van der Waals surface area contributed by atoms with Crippen LogP contribution in [-0.4, -0.2) is 58.8 Å². The summed E-state index contributed by atoms with van der Waals surface area (Å²) < 4.78 is 26.9. The van der Waals surface area contributed by atoms with Gasteiger partial charge in [0.1, 0.15) is 30.3 Å². The molecular weight excluding hydrogens is 555 g/mol.